The molecule has 1 N–H and O–H groups in total. The molecule has 0 radical (unpaired) electrons. The highest BCUT2D eigenvalue weighted by Crippen LogP contribution is 2.02. The van der Waals surface area contributed by atoms with Gasteiger partial charge in [-0.25, -0.2) is 0 Å². The van der Waals surface area contributed by atoms with Gasteiger partial charge in [0.25, 0.3) is 0 Å². The summed E-state index contributed by atoms with van der Waals surface area (Å²) in [6, 6.07) is 0.149. The molecule has 0 saturated carbocycles. The van der Waals surface area contributed by atoms with E-state index in [1.807, 2.05) is 18.9 Å². The molecule has 0 amide bonds. The molecule has 0 rings (SSSR count). The van der Waals surface area contributed by atoms with Gasteiger partial charge in [0.05, 0.1) is 6.61 Å². The fourth-order valence-electron chi connectivity index (χ4n) is 0.566. The first-order valence-electron chi connectivity index (χ1n) is 3.22. The third-order valence-corrected chi connectivity index (χ3v) is 1.56. The average molecular weight is 164 g/mol. The maximum Gasteiger partial charge on any atom is 0.0584 e. The lowest BCUT2D eigenvalue weighted by molar-refractivity contribution is 0.169. The summed E-state index contributed by atoms with van der Waals surface area (Å²) in [6.07, 6.45) is 0. The van der Waals surface area contributed by atoms with Crippen LogP contribution in [0.2, 0.25) is 0 Å². The van der Waals surface area contributed by atoms with E-state index in [1.54, 1.807) is 0 Å². The molecule has 0 heterocycles. The highest BCUT2D eigenvalue weighted by atomic mass is 35.5. The number of rotatable bonds is 4. The van der Waals surface area contributed by atoms with E-state index in [4.69, 9.17) is 16.7 Å². The maximum absolute atomic E-state index is 8.70. The average Bonchev–Trinajstić information content (AvgIpc) is 1.85. The maximum atomic E-state index is 8.70. The van der Waals surface area contributed by atoms with Crippen LogP contribution in [0.25, 0.3) is 0 Å². The zero-order valence-electron chi connectivity index (χ0n) is 6.47. The minimum atomic E-state index is 0.149. The fourth-order valence-corrected chi connectivity index (χ4v) is 0.754. The Kier molecular flexibility index (Phi) is 4.69. The molecule has 10 heavy (non-hydrogen) atoms. The standard InChI is InChI=1S/C7H14ClNO/c1-6(8)4-9(3)7(2)5-10/h7,10H,1,4-5H2,2-3H3. The molecule has 3 heteroatoms. The van der Waals surface area contributed by atoms with Crippen LogP contribution in [0.5, 0.6) is 0 Å². The van der Waals surface area contributed by atoms with Gasteiger partial charge in [0.2, 0.25) is 0 Å². The Hall–Kier alpha value is -0.0500. The summed E-state index contributed by atoms with van der Waals surface area (Å²) in [4.78, 5) is 1.94. The second kappa shape index (κ2) is 4.72. The van der Waals surface area contributed by atoms with Gasteiger partial charge in [-0.05, 0) is 14.0 Å². The van der Waals surface area contributed by atoms with Crippen molar-refractivity contribution in [3.05, 3.63) is 11.6 Å². The molecule has 0 spiro atoms. The van der Waals surface area contributed by atoms with E-state index >= 15 is 0 Å². The third kappa shape index (κ3) is 3.88. The molecule has 0 aliphatic rings. The molecule has 0 aromatic heterocycles. The first-order valence-corrected chi connectivity index (χ1v) is 3.60. The number of hydrogen-bond donors (Lipinski definition) is 1. The van der Waals surface area contributed by atoms with Gasteiger partial charge in [-0.2, -0.15) is 0 Å². The molecule has 0 fully saturated rings. The summed E-state index contributed by atoms with van der Waals surface area (Å²) in [6.45, 7) is 6.27. The van der Waals surface area contributed by atoms with Crippen molar-refractivity contribution < 1.29 is 5.11 Å². The van der Waals surface area contributed by atoms with Gasteiger partial charge < -0.3 is 5.11 Å². The molecule has 0 bridgehead atoms. The number of likely N-dealkylation sites (N-methyl/N-ethyl adjacent to an activating group) is 1. The lowest BCUT2D eigenvalue weighted by atomic mass is 10.3. The quantitative estimate of drug-likeness (QED) is 0.670. The van der Waals surface area contributed by atoms with Crippen molar-refractivity contribution in [3.8, 4) is 0 Å². The van der Waals surface area contributed by atoms with Crippen LogP contribution < -0.4 is 0 Å². The second-order valence-electron chi connectivity index (χ2n) is 2.46. The Morgan fingerprint density at radius 2 is 2.30 bits per heavy atom. The fraction of sp³-hybridized carbons (Fsp3) is 0.714. The lowest BCUT2D eigenvalue weighted by Gasteiger charge is -2.21. The highest BCUT2D eigenvalue weighted by molar-refractivity contribution is 6.29. The van der Waals surface area contributed by atoms with Crippen molar-refractivity contribution >= 4 is 11.6 Å². The van der Waals surface area contributed by atoms with Crippen molar-refractivity contribution in [1.82, 2.24) is 4.90 Å². The van der Waals surface area contributed by atoms with E-state index in [-0.39, 0.29) is 12.6 Å². The van der Waals surface area contributed by atoms with Crippen LogP contribution in [0.15, 0.2) is 11.6 Å². The van der Waals surface area contributed by atoms with Crippen LogP contribution in [0.3, 0.4) is 0 Å². The smallest absolute Gasteiger partial charge is 0.0584 e. The first-order chi connectivity index (χ1) is 4.57. The van der Waals surface area contributed by atoms with Crippen molar-refractivity contribution in [2.24, 2.45) is 0 Å². The Labute approximate surface area is 67.1 Å². The summed E-state index contributed by atoms with van der Waals surface area (Å²) < 4.78 is 0. The molecule has 0 aromatic carbocycles. The molecule has 1 unspecified atom stereocenters. The predicted molar refractivity (Wildman–Crippen MR) is 44.2 cm³/mol. The summed E-state index contributed by atoms with van der Waals surface area (Å²) in [7, 11) is 1.90. The van der Waals surface area contributed by atoms with Crippen molar-refractivity contribution in [1.29, 1.82) is 0 Å². The highest BCUT2D eigenvalue weighted by Gasteiger charge is 2.06. The lowest BCUT2D eigenvalue weighted by Crippen LogP contribution is -2.32. The summed E-state index contributed by atoms with van der Waals surface area (Å²) in [5, 5.41) is 9.30. The first kappa shape index (κ1) is 9.95. The van der Waals surface area contributed by atoms with Gasteiger partial charge in [-0.3, -0.25) is 4.90 Å². The summed E-state index contributed by atoms with van der Waals surface area (Å²) in [5.41, 5.74) is 0. The van der Waals surface area contributed by atoms with Crippen LogP contribution in [-0.2, 0) is 0 Å². The number of aliphatic hydroxyl groups excluding tert-OH is 1. The van der Waals surface area contributed by atoms with E-state index < -0.39 is 0 Å². The SMILES string of the molecule is C=C(Cl)CN(C)C(C)CO. The normalized spacial score (nSPS) is 13.7. The van der Waals surface area contributed by atoms with E-state index in [0.29, 0.717) is 11.6 Å². The van der Waals surface area contributed by atoms with Crippen LogP contribution in [0.4, 0.5) is 0 Å². The molecular weight excluding hydrogens is 150 g/mol. The van der Waals surface area contributed by atoms with Crippen molar-refractivity contribution in [2.45, 2.75) is 13.0 Å². The minimum absolute atomic E-state index is 0.149. The molecule has 0 saturated heterocycles. The van der Waals surface area contributed by atoms with Crippen LogP contribution >= 0.6 is 11.6 Å². The molecule has 1 atom stereocenters. The van der Waals surface area contributed by atoms with E-state index in [1.165, 1.54) is 0 Å². The van der Waals surface area contributed by atoms with Crippen LogP contribution in [0, 0.1) is 0 Å². The zero-order chi connectivity index (χ0) is 8.15. The van der Waals surface area contributed by atoms with Gasteiger partial charge in [-0.15, -0.1) is 0 Å². The molecule has 0 aromatic rings. The second-order valence-corrected chi connectivity index (χ2v) is 3.00. The Bertz CT molecular complexity index is 116. The van der Waals surface area contributed by atoms with Crippen LogP contribution in [0.1, 0.15) is 6.92 Å². The molecule has 0 aliphatic heterocycles. The largest absolute Gasteiger partial charge is 0.395 e. The van der Waals surface area contributed by atoms with Gasteiger partial charge in [0, 0.05) is 17.6 Å². The zero-order valence-corrected chi connectivity index (χ0v) is 7.23. The summed E-state index contributed by atoms with van der Waals surface area (Å²) in [5.74, 6) is 0. The minimum Gasteiger partial charge on any atom is -0.395 e. The van der Waals surface area contributed by atoms with E-state index in [2.05, 4.69) is 6.58 Å². The topological polar surface area (TPSA) is 23.5 Å². The van der Waals surface area contributed by atoms with Gasteiger partial charge in [0.1, 0.15) is 0 Å². The van der Waals surface area contributed by atoms with Crippen molar-refractivity contribution in [2.75, 3.05) is 20.2 Å². The predicted octanol–water partition coefficient (Wildman–Crippen LogP) is 1.05. The third-order valence-electron chi connectivity index (χ3n) is 1.44. The summed E-state index contributed by atoms with van der Waals surface area (Å²) >= 11 is 5.56. The molecule has 0 aliphatic carbocycles. The number of aliphatic hydroxyl groups is 1. The molecule has 60 valence electrons. The van der Waals surface area contributed by atoms with Gasteiger partial charge in [0.15, 0.2) is 0 Å². The monoisotopic (exact) mass is 163 g/mol. The van der Waals surface area contributed by atoms with Gasteiger partial charge >= 0.3 is 0 Å². The Balaban J connectivity index is 3.61. The van der Waals surface area contributed by atoms with E-state index in [0.717, 1.165) is 0 Å². The Morgan fingerprint density at radius 3 is 2.60 bits per heavy atom. The number of halogens is 1. The Morgan fingerprint density at radius 1 is 1.80 bits per heavy atom. The van der Waals surface area contributed by atoms with Gasteiger partial charge in [-0.1, -0.05) is 18.2 Å². The number of hydrogen-bond acceptors (Lipinski definition) is 2. The van der Waals surface area contributed by atoms with Crippen molar-refractivity contribution in [3.63, 3.8) is 0 Å². The molecule has 2 nitrogen and oxygen atoms in total. The number of nitrogens with zero attached hydrogens (tertiary/aromatic N) is 1. The molecular formula is C7H14ClNO. The van der Waals surface area contributed by atoms with Crippen LogP contribution in [-0.4, -0.2) is 36.2 Å². The van der Waals surface area contributed by atoms with E-state index in [9.17, 15) is 0 Å².